The van der Waals surface area contributed by atoms with Crippen molar-refractivity contribution in [3.63, 3.8) is 0 Å². The summed E-state index contributed by atoms with van der Waals surface area (Å²) in [5.74, 6) is -0.235. The van der Waals surface area contributed by atoms with Gasteiger partial charge in [0.25, 0.3) is 0 Å². The Hall–Kier alpha value is -0.890. The maximum atomic E-state index is 13.0. The first-order valence-corrected chi connectivity index (χ1v) is 4.02. The molecule has 0 saturated carbocycles. The summed E-state index contributed by atoms with van der Waals surface area (Å²) >= 11 is 0. The van der Waals surface area contributed by atoms with Crippen LogP contribution in [0.4, 0.5) is 4.39 Å². The number of halogens is 1. The van der Waals surface area contributed by atoms with Gasteiger partial charge in [-0.05, 0) is 25.5 Å². The van der Waals surface area contributed by atoms with Gasteiger partial charge >= 0.3 is 0 Å². The zero-order valence-corrected chi connectivity index (χ0v) is 7.34. The van der Waals surface area contributed by atoms with E-state index < -0.39 is 6.10 Å². The van der Waals surface area contributed by atoms with E-state index >= 15 is 0 Å². The second-order valence-electron chi connectivity index (χ2n) is 3.15. The molecule has 0 aliphatic rings. The molecule has 0 spiro atoms. The molecule has 1 aromatic carbocycles. The smallest absolute Gasteiger partial charge is 0.126 e. The van der Waals surface area contributed by atoms with Crippen LogP contribution >= 0.6 is 0 Å². The number of hydrogen-bond donors (Lipinski definition) is 1. The summed E-state index contributed by atoms with van der Waals surface area (Å²) in [4.78, 5) is 0. The molecule has 0 radical (unpaired) electrons. The Morgan fingerprint density at radius 2 is 2.17 bits per heavy atom. The van der Waals surface area contributed by atoms with E-state index in [-0.39, 0.29) is 5.82 Å². The van der Waals surface area contributed by atoms with Crippen LogP contribution in [0, 0.1) is 12.7 Å². The molecule has 0 unspecified atom stereocenters. The van der Waals surface area contributed by atoms with Crippen LogP contribution in [0.2, 0.25) is 0 Å². The van der Waals surface area contributed by atoms with Gasteiger partial charge < -0.3 is 5.11 Å². The predicted octanol–water partition coefficient (Wildman–Crippen LogP) is 2.06. The van der Waals surface area contributed by atoms with Crippen molar-refractivity contribution in [1.82, 2.24) is 0 Å². The van der Waals surface area contributed by atoms with Crippen molar-refractivity contribution < 1.29 is 9.50 Å². The molecule has 2 heteroatoms. The van der Waals surface area contributed by atoms with E-state index in [1.165, 1.54) is 6.07 Å². The lowest BCUT2D eigenvalue weighted by molar-refractivity contribution is 0.194. The van der Waals surface area contributed by atoms with Gasteiger partial charge in [0.2, 0.25) is 0 Å². The Morgan fingerprint density at radius 1 is 1.50 bits per heavy atom. The SMILES string of the molecule is Cc1ccc(F)c(C[C@H](C)O)c1. The maximum Gasteiger partial charge on any atom is 0.126 e. The third-order valence-corrected chi connectivity index (χ3v) is 1.72. The lowest BCUT2D eigenvalue weighted by Crippen LogP contribution is -2.06. The molecule has 0 aromatic heterocycles. The standard InChI is InChI=1S/C10H13FO/c1-7-3-4-10(11)9(5-7)6-8(2)12/h3-5,8,12H,6H2,1-2H3/t8-/m0/s1. The third kappa shape index (κ3) is 2.31. The molecule has 0 amide bonds. The Labute approximate surface area is 71.9 Å². The van der Waals surface area contributed by atoms with Gasteiger partial charge in [0.15, 0.2) is 0 Å². The van der Waals surface area contributed by atoms with Crippen LogP contribution < -0.4 is 0 Å². The minimum absolute atomic E-state index is 0.235. The highest BCUT2D eigenvalue weighted by Crippen LogP contribution is 2.11. The Balaban J connectivity index is 2.90. The maximum absolute atomic E-state index is 13.0. The Bertz CT molecular complexity index is 269. The molecule has 12 heavy (non-hydrogen) atoms. The Kier molecular flexibility index (Phi) is 2.82. The van der Waals surface area contributed by atoms with E-state index in [0.29, 0.717) is 12.0 Å². The van der Waals surface area contributed by atoms with Crippen molar-refractivity contribution in [2.45, 2.75) is 26.4 Å². The van der Waals surface area contributed by atoms with E-state index in [1.54, 1.807) is 19.1 Å². The quantitative estimate of drug-likeness (QED) is 0.716. The topological polar surface area (TPSA) is 20.2 Å². The summed E-state index contributed by atoms with van der Waals surface area (Å²) in [5.41, 5.74) is 1.61. The lowest BCUT2D eigenvalue weighted by Gasteiger charge is -2.06. The van der Waals surface area contributed by atoms with Gasteiger partial charge in [-0.3, -0.25) is 0 Å². The van der Waals surface area contributed by atoms with Crippen LogP contribution in [0.25, 0.3) is 0 Å². The second kappa shape index (κ2) is 3.68. The molecular weight excluding hydrogens is 155 g/mol. The molecule has 1 atom stereocenters. The molecule has 66 valence electrons. The fourth-order valence-corrected chi connectivity index (χ4v) is 1.18. The van der Waals surface area contributed by atoms with E-state index in [4.69, 9.17) is 5.11 Å². The van der Waals surface area contributed by atoms with E-state index in [1.807, 2.05) is 6.92 Å². The molecule has 1 nitrogen and oxygen atoms in total. The van der Waals surface area contributed by atoms with Gasteiger partial charge in [-0.1, -0.05) is 17.7 Å². The van der Waals surface area contributed by atoms with Crippen molar-refractivity contribution in [3.8, 4) is 0 Å². The molecule has 1 N–H and O–H groups in total. The van der Waals surface area contributed by atoms with Crippen LogP contribution in [0.15, 0.2) is 18.2 Å². The first-order chi connectivity index (χ1) is 5.59. The molecule has 0 aliphatic heterocycles. The largest absolute Gasteiger partial charge is 0.393 e. The summed E-state index contributed by atoms with van der Waals surface area (Å²) in [6.07, 6.45) is -0.102. The second-order valence-corrected chi connectivity index (χ2v) is 3.15. The molecule has 0 heterocycles. The molecule has 1 aromatic rings. The first-order valence-electron chi connectivity index (χ1n) is 4.02. The fourth-order valence-electron chi connectivity index (χ4n) is 1.18. The molecule has 1 rings (SSSR count). The lowest BCUT2D eigenvalue weighted by atomic mass is 10.1. The predicted molar refractivity (Wildman–Crippen MR) is 46.5 cm³/mol. The van der Waals surface area contributed by atoms with E-state index in [9.17, 15) is 4.39 Å². The van der Waals surface area contributed by atoms with Crippen LogP contribution in [0.3, 0.4) is 0 Å². The van der Waals surface area contributed by atoms with Gasteiger partial charge in [-0.2, -0.15) is 0 Å². The average molecular weight is 168 g/mol. The minimum atomic E-state index is -0.485. The van der Waals surface area contributed by atoms with Crippen molar-refractivity contribution in [2.75, 3.05) is 0 Å². The number of benzene rings is 1. The highest BCUT2D eigenvalue weighted by molar-refractivity contribution is 5.24. The van der Waals surface area contributed by atoms with Crippen molar-refractivity contribution in [1.29, 1.82) is 0 Å². The summed E-state index contributed by atoms with van der Waals surface area (Å²) in [7, 11) is 0. The van der Waals surface area contributed by atoms with Gasteiger partial charge in [-0.15, -0.1) is 0 Å². The van der Waals surface area contributed by atoms with E-state index in [2.05, 4.69) is 0 Å². The highest BCUT2D eigenvalue weighted by Gasteiger charge is 2.04. The van der Waals surface area contributed by atoms with Gasteiger partial charge in [-0.25, -0.2) is 4.39 Å². The van der Waals surface area contributed by atoms with Crippen molar-refractivity contribution in [2.24, 2.45) is 0 Å². The average Bonchev–Trinajstić information content (AvgIpc) is 1.96. The molecule has 0 aliphatic carbocycles. The van der Waals surface area contributed by atoms with Crippen LogP contribution in [0.5, 0.6) is 0 Å². The fraction of sp³-hybridized carbons (Fsp3) is 0.400. The van der Waals surface area contributed by atoms with Gasteiger partial charge in [0, 0.05) is 6.42 Å². The molecule has 0 bridgehead atoms. The van der Waals surface area contributed by atoms with Crippen LogP contribution in [-0.2, 0) is 6.42 Å². The summed E-state index contributed by atoms with van der Waals surface area (Å²) in [6.45, 7) is 3.56. The number of aryl methyl sites for hydroxylation is 1. The van der Waals surface area contributed by atoms with Gasteiger partial charge in [0.1, 0.15) is 5.82 Å². The first kappa shape index (κ1) is 9.20. The Morgan fingerprint density at radius 3 is 2.75 bits per heavy atom. The minimum Gasteiger partial charge on any atom is -0.393 e. The number of rotatable bonds is 2. The molecule has 0 saturated heterocycles. The monoisotopic (exact) mass is 168 g/mol. The van der Waals surface area contributed by atoms with Crippen LogP contribution in [0.1, 0.15) is 18.1 Å². The molecular formula is C10H13FO. The summed E-state index contributed by atoms with van der Waals surface area (Å²) < 4.78 is 13.0. The zero-order valence-electron chi connectivity index (χ0n) is 7.34. The van der Waals surface area contributed by atoms with E-state index in [0.717, 1.165) is 5.56 Å². The van der Waals surface area contributed by atoms with Crippen molar-refractivity contribution >= 4 is 0 Å². The number of hydrogen-bond acceptors (Lipinski definition) is 1. The third-order valence-electron chi connectivity index (χ3n) is 1.72. The zero-order chi connectivity index (χ0) is 9.14. The summed E-state index contributed by atoms with van der Waals surface area (Å²) in [6, 6.07) is 4.93. The normalized spacial score (nSPS) is 13.0. The van der Waals surface area contributed by atoms with Gasteiger partial charge in [0.05, 0.1) is 6.10 Å². The summed E-state index contributed by atoms with van der Waals surface area (Å²) in [5, 5.41) is 9.05. The number of aliphatic hydroxyl groups is 1. The molecule has 0 fully saturated rings. The number of aliphatic hydroxyl groups excluding tert-OH is 1. The van der Waals surface area contributed by atoms with Crippen molar-refractivity contribution in [3.05, 3.63) is 35.1 Å². The highest BCUT2D eigenvalue weighted by atomic mass is 19.1. The van der Waals surface area contributed by atoms with Crippen LogP contribution in [-0.4, -0.2) is 11.2 Å².